The maximum Gasteiger partial charge on any atom is 0.174 e. The van der Waals surface area contributed by atoms with Crippen LogP contribution in [0, 0.1) is 6.92 Å². The van der Waals surface area contributed by atoms with Crippen LogP contribution >= 0.6 is 34.9 Å². The van der Waals surface area contributed by atoms with Crippen LogP contribution in [-0.2, 0) is 13.1 Å². The topological polar surface area (TPSA) is 15.3 Å². The van der Waals surface area contributed by atoms with E-state index in [1.54, 1.807) is 22.7 Å². The maximum absolute atomic E-state index is 5.67. The second kappa shape index (κ2) is 7.73. The summed E-state index contributed by atoms with van der Waals surface area (Å²) in [6.45, 7) is 3.74. The number of thiocarbonyl (C=S) groups is 1. The lowest BCUT2D eigenvalue weighted by Crippen LogP contribution is -2.33. The summed E-state index contributed by atoms with van der Waals surface area (Å²) in [6.07, 6.45) is 0. The molecule has 0 aliphatic heterocycles. The van der Waals surface area contributed by atoms with Crippen LogP contribution in [0.2, 0.25) is 0 Å². The Bertz CT molecular complexity index is 712. The number of benzene rings is 1. The minimum Gasteiger partial charge on any atom is -0.339 e. The van der Waals surface area contributed by atoms with Crippen molar-refractivity contribution >= 4 is 45.7 Å². The van der Waals surface area contributed by atoms with Gasteiger partial charge < -0.3 is 10.2 Å². The zero-order valence-corrected chi connectivity index (χ0v) is 15.3. The Balaban J connectivity index is 1.74. The molecule has 2 aromatic heterocycles. The molecule has 2 heterocycles. The molecule has 0 bridgehead atoms. The quantitative estimate of drug-likeness (QED) is 0.605. The molecule has 2 nitrogen and oxygen atoms in total. The molecule has 3 aromatic rings. The molecule has 0 saturated carbocycles. The number of hydrogen-bond acceptors (Lipinski definition) is 3. The van der Waals surface area contributed by atoms with E-state index in [4.69, 9.17) is 12.2 Å². The number of aryl methyl sites for hydroxylation is 1. The number of nitrogens with zero attached hydrogens (tertiary/aromatic N) is 1. The van der Waals surface area contributed by atoms with Crippen molar-refractivity contribution in [2.45, 2.75) is 20.0 Å². The third-order valence-corrected chi connectivity index (χ3v) is 5.49. The molecule has 0 aliphatic carbocycles. The van der Waals surface area contributed by atoms with Crippen LogP contribution in [0.15, 0.2) is 59.3 Å². The highest BCUT2D eigenvalue weighted by molar-refractivity contribution is 7.80. The van der Waals surface area contributed by atoms with Gasteiger partial charge in [-0.1, -0.05) is 24.3 Å². The van der Waals surface area contributed by atoms with Gasteiger partial charge >= 0.3 is 0 Å². The first kappa shape index (κ1) is 16.2. The molecule has 0 aliphatic rings. The lowest BCUT2D eigenvalue weighted by atomic mass is 10.2. The molecule has 0 radical (unpaired) electrons. The van der Waals surface area contributed by atoms with Crippen molar-refractivity contribution in [3.05, 3.63) is 74.6 Å². The summed E-state index contributed by atoms with van der Waals surface area (Å²) in [6, 6.07) is 16.8. The molecule has 3 rings (SSSR count). The molecule has 0 fully saturated rings. The summed E-state index contributed by atoms with van der Waals surface area (Å²) < 4.78 is 0. The van der Waals surface area contributed by atoms with Gasteiger partial charge in [-0.3, -0.25) is 0 Å². The van der Waals surface area contributed by atoms with Crippen LogP contribution in [0.4, 0.5) is 5.69 Å². The predicted molar refractivity (Wildman–Crippen MR) is 105 cm³/mol. The van der Waals surface area contributed by atoms with E-state index in [2.05, 4.69) is 64.3 Å². The molecular weight excluding hydrogens is 340 g/mol. The van der Waals surface area contributed by atoms with Crippen LogP contribution in [0.5, 0.6) is 0 Å². The van der Waals surface area contributed by atoms with E-state index in [0.29, 0.717) is 0 Å². The van der Waals surface area contributed by atoms with Gasteiger partial charge in [-0.2, -0.15) is 0 Å². The van der Waals surface area contributed by atoms with E-state index in [1.165, 1.54) is 15.3 Å². The maximum atomic E-state index is 5.67. The second-order valence-corrected chi connectivity index (χ2v) is 7.77. The molecule has 118 valence electrons. The predicted octanol–water partition coefficient (Wildman–Crippen LogP) is 5.52. The van der Waals surface area contributed by atoms with E-state index in [1.807, 2.05) is 12.1 Å². The summed E-state index contributed by atoms with van der Waals surface area (Å²) in [5, 5.41) is 8.35. The molecule has 0 saturated heterocycles. The lowest BCUT2D eigenvalue weighted by Gasteiger charge is -2.25. The highest BCUT2D eigenvalue weighted by Crippen LogP contribution is 2.19. The molecule has 5 heteroatoms. The van der Waals surface area contributed by atoms with Gasteiger partial charge in [0, 0.05) is 15.4 Å². The SMILES string of the molecule is Cc1cccc(NC(=S)N(Cc2cccs2)Cc2cccs2)c1. The van der Waals surface area contributed by atoms with Gasteiger partial charge in [0.15, 0.2) is 5.11 Å². The fourth-order valence-corrected chi connectivity index (χ4v) is 3.99. The highest BCUT2D eigenvalue weighted by atomic mass is 32.1. The highest BCUT2D eigenvalue weighted by Gasteiger charge is 2.13. The number of rotatable bonds is 5. The Hall–Kier alpha value is -1.69. The van der Waals surface area contributed by atoms with E-state index in [-0.39, 0.29) is 0 Å². The molecule has 1 aromatic carbocycles. The minimum absolute atomic E-state index is 0.761. The normalized spacial score (nSPS) is 10.5. The Morgan fingerprint density at radius 2 is 1.65 bits per heavy atom. The molecular formula is C18H18N2S3. The number of hydrogen-bond donors (Lipinski definition) is 1. The second-order valence-electron chi connectivity index (χ2n) is 5.31. The van der Waals surface area contributed by atoms with Crippen LogP contribution in [0.25, 0.3) is 0 Å². The number of anilines is 1. The van der Waals surface area contributed by atoms with Crippen molar-refractivity contribution in [1.29, 1.82) is 0 Å². The largest absolute Gasteiger partial charge is 0.339 e. The van der Waals surface area contributed by atoms with Gasteiger partial charge in [0.2, 0.25) is 0 Å². The Morgan fingerprint density at radius 3 is 2.17 bits per heavy atom. The zero-order chi connectivity index (χ0) is 16.1. The van der Waals surface area contributed by atoms with Crippen molar-refractivity contribution < 1.29 is 0 Å². The van der Waals surface area contributed by atoms with Gasteiger partial charge in [-0.15, -0.1) is 22.7 Å². The van der Waals surface area contributed by atoms with Crippen molar-refractivity contribution in [1.82, 2.24) is 4.90 Å². The smallest absolute Gasteiger partial charge is 0.174 e. The number of thiophene rings is 2. The van der Waals surface area contributed by atoms with Gasteiger partial charge in [0.05, 0.1) is 13.1 Å². The fourth-order valence-electron chi connectivity index (χ4n) is 2.31. The van der Waals surface area contributed by atoms with E-state index >= 15 is 0 Å². The standard InChI is InChI=1S/C18H18N2S3/c1-14-5-2-6-15(11-14)19-18(21)20(12-16-7-3-9-22-16)13-17-8-4-10-23-17/h2-11H,12-13H2,1H3,(H,19,21). The third kappa shape index (κ3) is 4.64. The molecule has 0 amide bonds. The minimum atomic E-state index is 0.761. The molecule has 0 unspecified atom stereocenters. The third-order valence-electron chi connectivity index (χ3n) is 3.41. The van der Waals surface area contributed by atoms with E-state index < -0.39 is 0 Å². The molecule has 23 heavy (non-hydrogen) atoms. The Labute approximate surface area is 150 Å². The summed E-state index contributed by atoms with van der Waals surface area (Å²) in [5.74, 6) is 0. The Morgan fingerprint density at radius 1 is 1.00 bits per heavy atom. The number of nitrogens with one attached hydrogen (secondary N) is 1. The van der Waals surface area contributed by atoms with Gasteiger partial charge in [-0.05, 0) is 59.7 Å². The first-order chi connectivity index (χ1) is 11.2. The van der Waals surface area contributed by atoms with E-state index in [0.717, 1.165) is 23.9 Å². The van der Waals surface area contributed by atoms with Gasteiger partial charge in [0.1, 0.15) is 0 Å². The van der Waals surface area contributed by atoms with Crippen molar-refractivity contribution in [2.75, 3.05) is 5.32 Å². The summed E-state index contributed by atoms with van der Waals surface area (Å²) >= 11 is 9.20. The van der Waals surface area contributed by atoms with Crippen LogP contribution < -0.4 is 5.32 Å². The lowest BCUT2D eigenvalue weighted by molar-refractivity contribution is 0.420. The summed E-state index contributed by atoms with van der Waals surface area (Å²) in [7, 11) is 0. The monoisotopic (exact) mass is 358 g/mol. The summed E-state index contributed by atoms with van der Waals surface area (Å²) in [5.41, 5.74) is 2.26. The molecule has 0 spiro atoms. The van der Waals surface area contributed by atoms with Crippen molar-refractivity contribution in [3.63, 3.8) is 0 Å². The van der Waals surface area contributed by atoms with Crippen LogP contribution in [-0.4, -0.2) is 10.0 Å². The first-order valence-electron chi connectivity index (χ1n) is 7.38. The van der Waals surface area contributed by atoms with Gasteiger partial charge in [-0.25, -0.2) is 0 Å². The fraction of sp³-hybridized carbons (Fsp3) is 0.167. The van der Waals surface area contributed by atoms with Crippen molar-refractivity contribution in [2.24, 2.45) is 0 Å². The Kier molecular flexibility index (Phi) is 5.43. The van der Waals surface area contributed by atoms with E-state index in [9.17, 15) is 0 Å². The first-order valence-corrected chi connectivity index (χ1v) is 9.55. The van der Waals surface area contributed by atoms with Crippen molar-refractivity contribution in [3.8, 4) is 0 Å². The zero-order valence-electron chi connectivity index (χ0n) is 12.9. The van der Waals surface area contributed by atoms with Crippen LogP contribution in [0.3, 0.4) is 0 Å². The van der Waals surface area contributed by atoms with Crippen LogP contribution in [0.1, 0.15) is 15.3 Å². The molecule has 1 N–H and O–H groups in total. The summed E-state index contributed by atoms with van der Waals surface area (Å²) in [4.78, 5) is 4.85. The average molecular weight is 359 g/mol. The molecule has 0 atom stereocenters. The average Bonchev–Trinajstić information content (AvgIpc) is 3.20. The van der Waals surface area contributed by atoms with Gasteiger partial charge in [0.25, 0.3) is 0 Å².